The molecule has 2 aromatic carbocycles. The zero-order chi connectivity index (χ0) is 22.6. The maximum absolute atomic E-state index is 12.8. The summed E-state index contributed by atoms with van der Waals surface area (Å²) in [5.74, 6) is 1.59. The second-order valence-electron chi connectivity index (χ2n) is 8.15. The highest BCUT2D eigenvalue weighted by Gasteiger charge is 2.17. The fourth-order valence-corrected chi connectivity index (χ4v) is 4.73. The Morgan fingerprint density at radius 3 is 2.82 bits per heavy atom. The van der Waals surface area contributed by atoms with Crippen molar-refractivity contribution in [1.82, 2.24) is 25.0 Å². The van der Waals surface area contributed by atoms with Crippen molar-refractivity contribution >= 4 is 23.5 Å². The van der Waals surface area contributed by atoms with Crippen LogP contribution in [0.4, 0.5) is 5.82 Å². The van der Waals surface area contributed by atoms with Crippen LogP contribution in [-0.4, -0.2) is 36.6 Å². The number of hydrogen-bond acceptors (Lipinski definition) is 5. The molecule has 0 unspecified atom stereocenters. The molecule has 8 heteroatoms. The van der Waals surface area contributed by atoms with Gasteiger partial charge < -0.3 is 5.32 Å². The number of benzene rings is 2. The number of H-pyrrole nitrogens is 1. The molecule has 5 rings (SSSR count). The van der Waals surface area contributed by atoms with Crippen molar-refractivity contribution in [2.45, 2.75) is 44.2 Å². The number of aromatic amines is 1. The van der Waals surface area contributed by atoms with Gasteiger partial charge in [-0.3, -0.25) is 9.89 Å². The van der Waals surface area contributed by atoms with Crippen LogP contribution in [0.2, 0.25) is 0 Å². The molecular weight excluding hydrogens is 432 g/mol. The molecule has 2 heterocycles. The number of amides is 1. The molecule has 0 saturated carbocycles. The number of nitrogens with one attached hydrogen (secondary N) is 2. The average molecular weight is 459 g/mol. The van der Waals surface area contributed by atoms with Gasteiger partial charge in [0.15, 0.2) is 0 Å². The molecule has 1 amide bonds. The summed E-state index contributed by atoms with van der Waals surface area (Å²) >= 11 is 1.32. The van der Waals surface area contributed by atoms with E-state index in [9.17, 15) is 4.79 Å². The lowest BCUT2D eigenvalue weighted by Gasteiger charge is -2.08. The van der Waals surface area contributed by atoms with Gasteiger partial charge in [-0.1, -0.05) is 49.0 Å². The van der Waals surface area contributed by atoms with Gasteiger partial charge in [0.25, 0.3) is 0 Å². The number of nitrogens with zero attached hydrogens (tertiary/aromatic N) is 4. The summed E-state index contributed by atoms with van der Waals surface area (Å²) in [7, 11) is 0. The van der Waals surface area contributed by atoms with Crippen LogP contribution in [0.3, 0.4) is 0 Å². The molecule has 0 fully saturated rings. The van der Waals surface area contributed by atoms with Crippen LogP contribution in [0.5, 0.6) is 0 Å². The predicted molar refractivity (Wildman–Crippen MR) is 131 cm³/mol. The highest BCUT2D eigenvalue weighted by Crippen LogP contribution is 2.30. The molecule has 2 N–H and O–H groups in total. The van der Waals surface area contributed by atoms with Gasteiger partial charge in [-0.25, -0.2) is 9.67 Å². The summed E-state index contributed by atoms with van der Waals surface area (Å²) in [6.45, 7) is 2.09. The smallest absolute Gasteiger partial charge is 0.236 e. The minimum absolute atomic E-state index is 0.126. The number of fused-ring (bicyclic) bond motifs is 1. The Morgan fingerprint density at radius 2 is 1.97 bits per heavy atom. The number of aromatic nitrogens is 5. The second kappa shape index (κ2) is 9.62. The molecule has 0 radical (unpaired) electrons. The van der Waals surface area contributed by atoms with Gasteiger partial charge in [-0.15, -0.1) is 5.10 Å². The van der Waals surface area contributed by atoms with Crippen LogP contribution in [0.25, 0.3) is 16.9 Å². The average Bonchev–Trinajstić information content (AvgIpc) is 3.58. The van der Waals surface area contributed by atoms with E-state index >= 15 is 0 Å². The first-order valence-electron chi connectivity index (χ1n) is 11.3. The molecule has 1 aliphatic carbocycles. The summed E-state index contributed by atoms with van der Waals surface area (Å²) in [5, 5.41) is 15.6. The van der Waals surface area contributed by atoms with Gasteiger partial charge in [-0.05, 0) is 55.0 Å². The third-order valence-electron chi connectivity index (χ3n) is 5.70. The van der Waals surface area contributed by atoms with Crippen molar-refractivity contribution in [3.05, 3.63) is 71.5 Å². The maximum atomic E-state index is 12.8. The number of hydrogen-bond donors (Lipinski definition) is 2. The number of aryl methyl sites for hydroxylation is 3. The molecule has 0 saturated heterocycles. The number of carbonyl (C=O) groups is 1. The first-order chi connectivity index (χ1) is 16.2. The summed E-state index contributed by atoms with van der Waals surface area (Å²) in [5.41, 5.74) is 5.64. The highest BCUT2D eigenvalue weighted by atomic mass is 32.2. The van der Waals surface area contributed by atoms with E-state index < -0.39 is 0 Å². The standard InChI is InChI=1S/C25H26N6OS/c1-2-7-22-26-25(29-28-22)33-16-24(32)27-23-15-21(30-31(23)20-10-4-3-5-11-20)19-13-12-17-8-6-9-18(17)14-19/h3-5,10-15H,2,6-9,16H2,1H3,(H,27,32)(H,26,28,29). The molecule has 33 heavy (non-hydrogen) atoms. The molecule has 168 valence electrons. The van der Waals surface area contributed by atoms with Gasteiger partial charge in [0.05, 0.1) is 17.1 Å². The van der Waals surface area contributed by atoms with Crippen LogP contribution >= 0.6 is 11.8 Å². The molecule has 0 spiro atoms. The van der Waals surface area contributed by atoms with Gasteiger partial charge in [0.1, 0.15) is 11.6 Å². The number of anilines is 1. The Morgan fingerprint density at radius 1 is 1.12 bits per heavy atom. The van der Waals surface area contributed by atoms with Gasteiger partial charge in [0.2, 0.25) is 11.1 Å². The van der Waals surface area contributed by atoms with Crippen LogP contribution in [-0.2, 0) is 24.1 Å². The van der Waals surface area contributed by atoms with Crippen LogP contribution in [0.1, 0.15) is 36.7 Å². The van der Waals surface area contributed by atoms with Gasteiger partial charge in [0, 0.05) is 18.1 Å². The zero-order valence-electron chi connectivity index (χ0n) is 18.5. The zero-order valence-corrected chi connectivity index (χ0v) is 19.4. The largest absolute Gasteiger partial charge is 0.310 e. The van der Waals surface area contributed by atoms with Crippen LogP contribution in [0, 0.1) is 0 Å². The second-order valence-corrected chi connectivity index (χ2v) is 9.09. The van der Waals surface area contributed by atoms with Crippen LogP contribution in [0.15, 0.2) is 59.8 Å². The number of para-hydroxylation sites is 1. The lowest BCUT2D eigenvalue weighted by molar-refractivity contribution is -0.113. The van der Waals surface area contributed by atoms with Crippen molar-refractivity contribution < 1.29 is 4.79 Å². The lowest BCUT2D eigenvalue weighted by atomic mass is 10.0. The quantitative estimate of drug-likeness (QED) is 0.369. The lowest BCUT2D eigenvalue weighted by Crippen LogP contribution is -2.17. The summed E-state index contributed by atoms with van der Waals surface area (Å²) in [6.07, 6.45) is 5.32. The molecule has 0 bridgehead atoms. The molecule has 7 nitrogen and oxygen atoms in total. The SMILES string of the molecule is CCCc1nc(SCC(=O)Nc2cc(-c3ccc4c(c3)CCC4)nn2-c2ccccc2)n[nH]1. The van der Waals surface area contributed by atoms with E-state index in [1.807, 2.05) is 36.4 Å². The Balaban J connectivity index is 1.36. The van der Waals surface area contributed by atoms with Gasteiger partial charge >= 0.3 is 0 Å². The van der Waals surface area contributed by atoms with Crippen molar-refractivity contribution in [3.8, 4) is 16.9 Å². The third kappa shape index (κ3) is 4.85. The van der Waals surface area contributed by atoms with E-state index in [0.717, 1.165) is 48.5 Å². The Kier molecular flexibility index (Phi) is 6.26. The molecular formula is C25H26N6OS. The van der Waals surface area contributed by atoms with E-state index in [1.54, 1.807) is 4.68 Å². The third-order valence-corrected chi connectivity index (χ3v) is 6.55. The van der Waals surface area contributed by atoms with Crippen molar-refractivity contribution in [2.24, 2.45) is 0 Å². The normalized spacial score (nSPS) is 12.6. The first kappa shape index (κ1) is 21.5. The highest BCUT2D eigenvalue weighted by molar-refractivity contribution is 7.99. The number of thioether (sulfide) groups is 1. The Hall–Kier alpha value is -3.39. The first-order valence-corrected chi connectivity index (χ1v) is 12.3. The molecule has 0 aliphatic heterocycles. The van der Waals surface area contributed by atoms with Crippen molar-refractivity contribution in [2.75, 3.05) is 11.1 Å². The predicted octanol–water partition coefficient (Wildman–Crippen LogP) is 4.83. The maximum Gasteiger partial charge on any atom is 0.236 e. The Bertz CT molecular complexity index is 1260. The minimum Gasteiger partial charge on any atom is -0.310 e. The van der Waals surface area contributed by atoms with Crippen molar-refractivity contribution in [1.29, 1.82) is 0 Å². The molecule has 4 aromatic rings. The summed E-state index contributed by atoms with van der Waals surface area (Å²) in [4.78, 5) is 17.2. The Labute approximate surface area is 197 Å². The van der Waals surface area contributed by atoms with E-state index in [1.165, 1.54) is 29.3 Å². The van der Waals surface area contributed by atoms with E-state index in [-0.39, 0.29) is 11.7 Å². The topological polar surface area (TPSA) is 88.5 Å². The van der Waals surface area contributed by atoms with Crippen LogP contribution < -0.4 is 5.32 Å². The van der Waals surface area contributed by atoms with E-state index in [0.29, 0.717) is 11.0 Å². The number of rotatable bonds is 8. The molecule has 1 aliphatic rings. The van der Waals surface area contributed by atoms with E-state index in [2.05, 4.69) is 45.6 Å². The molecule has 0 atom stereocenters. The molecule has 2 aromatic heterocycles. The summed E-state index contributed by atoms with van der Waals surface area (Å²) in [6, 6.07) is 18.4. The van der Waals surface area contributed by atoms with Crippen molar-refractivity contribution in [3.63, 3.8) is 0 Å². The van der Waals surface area contributed by atoms with Gasteiger partial charge in [-0.2, -0.15) is 5.10 Å². The fraction of sp³-hybridized carbons (Fsp3) is 0.280. The monoisotopic (exact) mass is 458 g/mol. The summed E-state index contributed by atoms with van der Waals surface area (Å²) < 4.78 is 1.79. The fourth-order valence-electron chi connectivity index (χ4n) is 4.11. The number of carbonyl (C=O) groups excluding carboxylic acids is 1. The van der Waals surface area contributed by atoms with E-state index in [4.69, 9.17) is 5.10 Å². The minimum atomic E-state index is -0.126.